The number of amides is 1. The Labute approximate surface area is 124 Å². The van der Waals surface area contributed by atoms with Crippen molar-refractivity contribution in [1.29, 1.82) is 0 Å². The van der Waals surface area contributed by atoms with Crippen LogP contribution in [-0.4, -0.2) is 30.5 Å². The summed E-state index contributed by atoms with van der Waals surface area (Å²) in [6.45, 7) is 0.446. The molecule has 110 valence electrons. The highest BCUT2D eigenvalue weighted by molar-refractivity contribution is 6.30. The molecule has 0 aliphatic heterocycles. The summed E-state index contributed by atoms with van der Waals surface area (Å²) in [5.41, 5.74) is 6.40. The minimum atomic E-state index is -0.694. The Kier molecular flexibility index (Phi) is 4.55. The number of rotatable bonds is 4. The van der Waals surface area contributed by atoms with Crippen LogP contribution in [0.3, 0.4) is 0 Å². The molecule has 0 bridgehead atoms. The highest BCUT2D eigenvalue weighted by Gasteiger charge is 2.38. The number of carbonyl (C=O) groups excluding carboxylic acids is 1. The number of carbonyl (C=O) groups is 1. The van der Waals surface area contributed by atoms with E-state index < -0.39 is 5.54 Å². The highest BCUT2D eigenvalue weighted by Crippen LogP contribution is 2.30. The zero-order chi connectivity index (χ0) is 14.8. The average molecular weight is 297 g/mol. The van der Waals surface area contributed by atoms with Crippen molar-refractivity contribution in [3.05, 3.63) is 28.8 Å². The molecule has 1 aromatic rings. The molecule has 0 spiro atoms. The number of hydrogen-bond donors (Lipinski definition) is 1. The third-order valence-electron chi connectivity index (χ3n) is 3.92. The number of nitrogens with two attached hydrogens (primary N) is 1. The summed E-state index contributed by atoms with van der Waals surface area (Å²) >= 11 is 6.01. The second-order valence-corrected chi connectivity index (χ2v) is 5.92. The van der Waals surface area contributed by atoms with Crippen LogP contribution in [0.25, 0.3) is 0 Å². The summed E-state index contributed by atoms with van der Waals surface area (Å²) in [4.78, 5) is 14.1. The fraction of sp³-hybridized carbons (Fsp3) is 0.533. The van der Waals surface area contributed by atoms with Gasteiger partial charge in [0.15, 0.2) is 0 Å². The Bertz CT molecular complexity index is 499. The third kappa shape index (κ3) is 3.07. The first-order chi connectivity index (χ1) is 9.46. The molecule has 0 atom stereocenters. The van der Waals surface area contributed by atoms with Gasteiger partial charge >= 0.3 is 0 Å². The van der Waals surface area contributed by atoms with E-state index in [9.17, 15) is 4.79 Å². The van der Waals surface area contributed by atoms with Crippen molar-refractivity contribution in [3.63, 3.8) is 0 Å². The van der Waals surface area contributed by atoms with Crippen LogP contribution in [0.15, 0.2) is 18.2 Å². The molecule has 20 heavy (non-hydrogen) atoms. The van der Waals surface area contributed by atoms with Gasteiger partial charge in [0.05, 0.1) is 12.6 Å². The first-order valence-electron chi connectivity index (χ1n) is 6.83. The smallest absolute Gasteiger partial charge is 0.242 e. The molecule has 1 aliphatic carbocycles. The van der Waals surface area contributed by atoms with Crippen molar-refractivity contribution in [2.75, 3.05) is 14.2 Å². The maximum atomic E-state index is 12.5. The Morgan fingerprint density at radius 3 is 2.70 bits per heavy atom. The predicted octanol–water partition coefficient (Wildman–Crippen LogP) is 2.58. The minimum absolute atomic E-state index is 0.00275. The average Bonchev–Trinajstić information content (AvgIpc) is 2.86. The molecule has 2 rings (SSSR count). The van der Waals surface area contributed by atoms with E-state index in [1.807, 2.05) is 12.1 Å². The van der Waals surface area contributed by atoms with E-state index >= 15 is 0 Å². The number of halogens is 1. The van der Waals surface area contributed by atoms with Gasteiger partial charge in [-0.1, -0.05) is 24.4 Å². The molecule has 0 heterocycles. The Morgan fingerprint density at radius 1 is 1.45 bits per heavy atom. The second-order valence-electron chi connectivity index (χ2n) is 5.48. The standard InChI is InChI=1S/C15H21ClN2O2/c1-18(14(19)15(17)7-3-4-8-15)10-11-9-12(16)5-6-13(11)20-2/h5-6,9H,3-4,7-8,10,17H2,1-2H3. The van der Waals surface area contributed by atoms with Gasteiger partial charge in [0.25, 0.3) is 0 Å². The Hall–Kier alpha value is -1.26. The van der Waals surface area contributed by atoms with E-state index in [1.165, 1.54) is 0 Å². The van der Waals surface area contributed by atoms with E-state index in [1.54, 1.807) is 25.1 Å². The lowest BCUT2D eigenvalue weighted by atomic mass is 9.97. The fourth-order valence-corrected chi connectivity index (χ4v) is 2.99. The van der Waals surface area contributed by atoms with E-state index in [0.717, 1.165) is 37.0 Å². The summed E-state index contributed by atoms with van der Waals surface area (Å²) in [5.74, 6) is 0.726. The zero-order valence-electron chi connectivity index (χ0n) is 12.0. The van der Waals surface area contributed by atoms with Crippen molar-refractivity contribution < 1.29 is 9.53 Å². The van der Waals surface area contributed by atoms with Gasteiger partial charge in [0, 0.05) is 24.2 Å². The van der Waals surface area contributed by atoms with Crippen molar-refractivity contribution in [2.45, 2.75) is 37.8 Å². The molecule has 1 fully saturated rings. The molecule has 1 aromatic carbocycles. The van der Waals surface area contributed by atoms with E-state index in [2.05, 4.69) is 0 Å². The van der Waals surface area contributed by atoms with Crippen LogP contribution in [0, 0.1) is 0 Å². The number of ether oxygens (including phenoxy) is 1. The summed E-state index contributed by atoms with van der Waals surface area (Å²) in [7, 11) is 3.38. The van der Waals surface area contributed by atoms with E-state index in [-0.39, 0.29) is 5.91 Å². The van der Waals surface area contributed by atoms with Crippen LogP contribution in [0.4, 0.5) is 0 Å². The second kappa shape index (κ2) is 6.02. The quantitative estimate of drug-likeness (QED) is 0.929. The lowest BCUT2D eigenvalue weighted by molar-refractivity contribution is -0.136. The van der Waals surface area contributed by atoms with Gasteiger partial charge in [-0.15, -0.1) is 0 Å². The minimum Gasteiger partial charge on any atom is -0.496 e. The van der Waals surface area contributed by atoms with Gasteiger partial charge in [-0.05, 0) is 31.0 Å². The molecule has 1 amide bonds. The van der Waals surface area contributed by atoms with Crippen LogP contribution < -0.4 is 10.5 Å². The Balaban J connectivity index is 2.13. The lowest BCUT2D eigenvalue weighted by Crippen LogP contribution is -2.52. The van der Waals surface area contributed by atoms with Gasteiger partial charge in [0.2, 0.25) is 5.91 Å². The number of methoxy groups -OCH3 is 1. The van der Waals surface area contributed by atoms with E-state index in [4.69, 9.17) is 22.1 Å². The first kappa shape index (κ1) is 15.1. The van der Waals surface area contributed by atoms with Crippen LogP contribution >= 0.6 is 11.6 Å². The number of hydrogen-bond acceptors (Lipinski definition) is 3. The molecule has 0 unspecified atom stereocenters. The predicted molar refractivity (Wildman–Crippen MR) is 79.9 cm³/mol. The summed E-state index contributed by atoms with van der Waals surface area (Å²) in [6.07, 6.45) is 3.58. The monoisotopic (exact) mass is 296 g/mol. The summed E-state index contributed by atoms with van der Waals surface area (Å²) in [5, 5.41) is 0.630. The van der Waals surface area contributed by atoms with E-state index in [0.29, 0.717) is 11.6 Å². The maximum Gasteiger partial charge on any atom is 0.242 e. The lowest BCUT2D eigenvalue weighted by Gasteiger charge is -2.29. The highest BCUT2D eigenvalue weighted by atomic mass is 35.5. The topological polar surface area (TPSA) is 55.6 Å². The molecular formula is C15H21ClN2O2. The zero-order valence-corrected chi connectivity index (χ0v) is 12.7. The summed E-state index contributed by atoms with van der Waals surface area (Å²) < 4.78 is 5.30. The fourth-order valence-electron chi connectivity index (χ4n) is 2.80. The largest absolute Gasteiger partial charge is 0.496 e. The van der Waals surface area contributed by atoms with Gasteiger partial charge in [-0.3, -0.25) is 4.79 Å². The van der Waals surface area contributed by atoms with Crippen molar-refractivity contribution in [3.8, 4) is 5.75 Å². The van der Waals surface area contributed by atoms with Crippen LogP contribution in [0.1, 0.15) is 31.2 Å². The molecular weight excluding hydrogens is 276 g/mol. The molecule has 1 aliphatic rings. The first-order valence-corrected chi connectivity index (χ1v) is 7.21. The maximum absolute atomic E-state index is 12.5. The molecule has 0 radical (unpaired) electrons. The van der Waals surface area contributed by atoms with Gasteiger partial charge in [-0.2, -0.15) is 0 Å². The molecule has 2 N–H and O–H groups in total. The SMILES string of the molecule is COc1ccc(Cl)cc1CN(C)C(=O)C1(N)CCCC1. The molecule has 5 heteroatoms. The van der Waals surface area contributed by atoms with Crippen molar-refractivity contribution >= 4 is 17.5 Å². The van der Waals surface area contributed by atoms with Crippen LogP contribution in [0.2, 0.25) is 5.02 Å². The molecule has 4 nitrogen and oxygen atoms in total. The van der Waals surface area contributed by atoms with Gasteiger partial charge < -0.3 is 15.4 Å². The molecule has 0 saturated heterocycles. The van der Waals surface area contributed by atoms with Crippen molar-refractivity contribution in [2.24, 2.45) is 5.73 Å². The Morgan fingerprint density at radius 2 is 2.10 bits per heavy atom. The normalized spacial score (nSPS) is 17.0. The van der Waals surface area contributed by atoms with Crippen LogP contribution in [0.5, 0.6) is 5.75 Å². The molecule has 0 aromatic heterocycles. The number of likely N-dealkylation sites (N-methyl/N-ethyl adjacent to an activating group) is 1. The van der Waals surface area contributed by atoms with Crippen molar-refractivity contribution in [1.82, 2.24) is 4.90 Å². The van der Waals surface area contributed by atoms with Gasteiger partial charge in [-0.25, -0.2) is 0 Å². The number of nitrogens with zero attached hydrogens (tertiary/aromatic N) is 1. The van der Waals surface area contributed by atoms with Gasteiger partial charge in [0.1, 0.15) is 5.75 Å². The third-order valence-corrected chi connectivity index (χ3v) is 4.15. The molecule has 1 saturated carbocycles. The van der Waals surface area contributed by atoms with Crippen LogP contribution in [-0.2, 0) is 11.3 Å². The number of benzene rings is 1. The summed E-state index contributed by atoms with van der Waals surface area (Å²) in [6, 6.07) is 5.40.